The molecule has 0 amide bonds. The number of rotatable bonds is 1. The van der Waals surface area contributed by atoms with Gasteiger partial charge < -0.3 is 14.5 Å². The van der Waals surface area contributed by atoms with Gasteiger partial charge >= 0.3 is 0 Å². The van der Waals surface area contributed by atoms with Gasteiger partial charge in [0.1, 0.15) is 0 Å². The summed E-state index contributed by atoms with van der Waals surface area (Å²) in [5.41, 5.74) is 0. The zero-order chi connectivity index (χ0) is 11.5. The van der Waals surface area contributed by atoms with Crippen molar-refractivity contribution < 1.29 is 9.53 Å². The second kappa shape index (κ2) is 5.33. The molecule has 0 spiro atoms. The van der Waals surface area contributed by atoms with E-state index < -0.39 is 0 Å². The molecule has 0 bridgehead atoms. The molecule has 0 radical (unpaired) electrons. The van der Waals surface area contributed by atoms with Crippen LogP contribution in [0.25, 0.3) is 0 Å². The number of likely N-dealkylation sites (tertiary alicyclic amines) is 1. The first-order valence-corrected chi connectivity index (χ1v) is 6.74. The topological polar surface area (TPSA) is 32.8 Å². The lowest BCUT2D eigenvalue weighted by molar-refractivity contribution is -0.109. The molecule has 2 aliphatic heterocycles. The average molecular weight is 260 g/mol. The third kappa shape index (κ3) is 2.87. The molecule has 0 aromatic carbocycles. The summed E-state index contributed by atoms with van der Waals surface area (Å²) < 4.78 is 5.29. The van der Waals surface area contributed by atoms with E-state index in [-0.39, 0.29) is 5.12 Å². The zero-order valence-electron chi connectivity index (χ0n) is 9.35. The largest absolute Gasteiger partial charge is 0.378 e. The maximum absolute atomic E-state index is 10.9. The van der Waals surface area contributed by atoms with Crippen molar-refractivity contribution in [2.45, 2.75) is 12.2 Å². The molecule has 0 aliphatic carbocycles. The summed E-state index contributed by atoms with van der Waals surface area (Å²) in [5.74, 6) is 0. The van der Waals surface area contributed by atoms with Crippen LogP contribution in [0.5, 0.6) is 0 Å². The molecule has 4 nitrogen and oxygen atoms in total. The van der Waals surface area contributed by atoms with Crippen LogP contribution in [-0.4, -0.2) is 64.7 Å². The monoisotopic (exact) mass is 260 g/mol. The van der Waals surface area contributed by atoms with Gasteiger partial charge in [0.05, 0.1) is 13.2 Å². The smallest absolute Gasteiger partial charge is 0.186 e. The number of ether oxygens (including phenoxy) is 1. The Balaban J connectivity index is 1.74. The fraction of sp³-hybridized carbons (Fsp3) is 0.800. The molecule has 2 rings (SSSR count). The first-order chi connectivity index (χ1) is 7.66. The first kappa shape index (κ1) is 12.1. The van der Waals surface area contributed by atoms with Crippen LogP contribution < -0.4 is 0 Å². The van der Waals surface area contributed by atoms with Crippen LogP contribution >= 0.6 is 24.0 Å². The van der Waals surface area contributed by atoms with Crippen molar-refractivity contribution in [2.24, 2.45) is 0 Å². The molecule has 2 aliphatic rings. The molecule has 16 heavy (non-hydrogen) atoms. The Labute approximate surface area is 105 Å². The van der Waals surface area contributed by atoms with E-state index in [1.165, 1.54) is 11.8 Å². The van der Waals surface area contributed by atoms with E-state index in [4.69, 9.17) is 17.0 Å². The highest BCUT2D eigenvalue weighted by molar-refractivity contribution is 8.14. The summed E-state index contributed by atoms with van der Waals surface area (Å²) in [6.45, 7) is 6.73. The molecule has 0 saturated carbocycles. The summed E-state index contributed by atoms with van der Waals surface area (Å²) >= 11 is 6.84. The Bertz CT molecular complexity index is 287. The highest BCUT2D eigenvalue weighted by atomic mass is 32.2. The average Bonchev–Trinajstić information content (AvgIpc) is 2.23. The lowest BCUT2D eigenvalue weighted by atomic mass is 10.2. The number of carbonyl (C=O) groups excluding carboxylic acids is 1. The van der Waals surface area contributed by atoms with Crippen molar-refractivity contribution in [1.82, 2.24) is 9.80 Å². The Kier molecular flexibility index (Phi) is 4.05. The summed E-state index contributed by atoms with van der Waals surface area (Å²) in [6, 6.07) is 0. The van der Waals surface area contributed by atoms with Crippen LogP contribution in [-0.2, 0) is 9.53 Å². The quantitative estimate of drug-likeness (QED) is 0.641. The number of thiocarbonyl (C=S) groups is 1. The SMILES string of the molecule is CC(=O)SC1CN(C(=S)N2CCOCC2)C1. The highest BCUT2D eigenvalue weighted by Crippen LogP contribution is 2.24. The van der Waals surface area contributed by atoms with Crippen molar-refractivity contribution in [3.63, 3.8) is 0 Å². The minimum Gasteiger partial charge on any atom is -0.378 e. The van der Waals surface area contributed by atoms with E-state index in [0.717, 1.165) is 44.5 Å². The van der Waals surface area contributed by atoms with Gasteiger partial charge in [0.15, 0.2) is 10.2 Å². The second-order valence-electron chi connectivity index (χ2n) is 4.02. The molecule has 0 atom stereocenters. The molecule has 2 fully saturated rings. The van der Waals surface area contributed by atoms with Gasteiger partial charge in [-0.1, -0.05) is 11.8 Å². The van der Waals surface area contributed by atoms with E-state index in [1.807, 2.05) is 0 Å². The van der Waals surface area contributed by atoms with Crippen LogP contribution in [0.4, 0.5) is 0 Å². The fourth-order valence-electron chi connectivity index (χ4n) is 1.86. The third-order valence-electron chi connectivity index (χ3n) is 2.73. The second-order valence-corrected chi connectivity index (χ2v) is 5.86. The third-order valence-corrected chi connectivity index (χ3v) is 4.21. The van der Waals surface area contributed by atoms with E-state index in [0.29, 0.717) is 5.25 Å². The van der Waals surface area contributed by atoms with Crippen molar-refractivity contribution in [3.05, 3.63) is 0 Å². The number of hydrogen-bond acceptors (Lipinski definition) is 4. The van der Waals surface area contributed by atoms with Gasteiger partial charge in [-0.2, -0.15) is 0 Å². The molecule has 90 valence electrons. The lowest BCUT2D eigenvalue weighted by Crippen LogP contribution is -2.58. The van der Waals surface area contributed by atoms with E-state index in [9.17, 15) is 4.79 Å². The first-order valence-electron chi connectivity index (χ1n) is 5.45. The van der Waals surface area contributed by atoms with E-state index >= 15 is 0 Å². The van der Waals surface area contributed by atoms with Crippen LogP contribution in [0, 0.1) is 0 Å². The van der Waals surface area contributed by atoms with Gasteiger partial charge in [0.2, 0.25) is 0 Å². The standard InChI is InChI=1S/C10H16N2O2S2/c1-8(13)16-9-6-12(7-9)10(15)11-2-4-14-5-3-11/h9H,2-7H2,1H3. The Morgan fingerprint density at radius 2 is 1.94 bits per heavy atom. The minimum absolute atomic E-state index is 0.196. The number of nitrogens with zero attached hydrogens (tertiary/aromatic N) is 2. The maximum atomic E-state index is 10.9. The summed E-state index contributed by atoms with van der Waals surface area (Å²) in [5, 5.41) is 1.54. The van der Waals surface area contributed by atoms with E-state index in [1.54, 1.807) is 6.92 Å². The van der Waals surface area contributed by atoms with Gasteiger partial charge in [-0.3, -0.25) is 4.79 Å². The van der Waals surface area contributed by atoms with Crippen LogP contribution in [0.15, 0.2) is 0 Å². The highest BCUT2D eigenvalue weighted by Gasteiger charge is 2.32. The Hall–Kier alpha value is -0.330. The fourth-order valence-corrected chi connectivity index (χ4v) is 3.17. The van der Waals surface area contributed by atoms with Gasteiger partial charge in [-0.15, -0.1) is 0 Å². The molecule has 0 aromatic heterocycles. The predicted octanol–water partition coefficient (Wildman–Crippen LogP) is 0.567. The zero-order valence-corrected chi connectivity index (χ0v) is 11.0. The van der Waals surface area contributed by atoms with Crippen molar-refractivity contribution in [1.29, 1.82) is 0 Å². The Morgan fingerprint density at radius 3 is 2.50 bits per heavy atom. The van der Waals surface area contributed by atoms with Gasteiger partial charge in [-0.05, 0) is 12.2 Å². The van der Waals surface area contributed by atoms with Crippen molar-refractivity contribution >= 4 is 34.2 Å². The van der Waals surface area contributed by atoms with Gasteiger partial charge in [-0.25, -0.2) is 0 Å². The Morgan fingerprint density at radius 1 is 1.31 bits per heavy atom. The molecular formula is C10H16N2O2S2. The number of thioether (sulfide) groups is 1. The normalized spacial score (nSPS) is 21.8. The molecule has 0 unspecified atom stereocenters. The summed E-state index contributed by atoms with van der Waals surface area (Å²) in [7, 11) is 0. The predicted molar refractivity (Wildman–Crippen MR) is 68.6 cm³/mol. The molecule has 2 saturated heterocycles. The molecule has 6 heteroatoms. The molecule has 0 N–H and O–H groups in total. The van der Waals surface area contributed by atoms with Crippen molar-refractivity contribution in [2.75, 3.05) is 39.4 Å². The number of hydrogen-bond donors (Lipinski definition) is 0. The van der Waals surface area contributed by atoms with Crippen LogP contribution in [0.2, 0.25) is 0 Å². The summed E-state index contributed by atoms with van der Waals surface area (Å²) in [6.07, 6.45) is 0. The molecule has 2 heterocycles. The maximum Gasteiger partial charge on any atom is 0.186 e. The van der Waals surface area contributed by atoms with Crippen LogP contribution in [0.1, 0.15) is 6.92 Å². The number of carbonyl (C=O) groups is 1. The summed E-state index contributed by atoms with van der Waals surface area (Å²) in [4.78, 5) is 15.3. The molecule has 0 aromatic rings. The van der Waals surface area contributed by atoms with Crippen molar-refractivity contribution in [3.8, 4) is 0 Å². The molecular weight excluding hydrogens is 244 g/mol. The van der Waals surface area contributed by atoms with E-state index in [2.05, 4.69) is 9.80 Å². The van der Waals surface area contributed by atoms with Crippen LogP contribution in [0.3, 0.4) is 0 Å². The van der Waals surface area contributed by atoms with Gasteiger partial charge in [0.25, 0.3) is 0 Å². The number of morpholine rings is 1. The minimum atomic E-state index is 0.196. The lowest BCUT2D eigenvalue weighted by Gasteiger charge is -2.44. The van der Waals surface area contributed by atoms with Gasteiger partial charge in [0, 0.05) is 38.4 Å².